The molecule has 1 aliphatic rings. The zero-order chi connectivity index (χ0) is 17.9. The summed E-state index contributed by atoms with van der Waals surface area (Å²) in [6.07, 6.45) is 0.349. The van der Waals surface area contributed by atoms with Crippen LogP contribution >= 0.6 is 12.4 Å². The number of nitrogens with one attached hydrogen (secondary N) is 2. The third-order valence-electron chi connectivity index (χ3n) is 4.26. The molecule has 26 heavy (non-hydrogen) atoms. The Bertz CT molecular complexity index is 810. The maximum Gasteiger partial charge on any atom is 0.240 e. The quantitative estimate of drug-likeness (QED) is 0.741. The van der Waals surface area contributed by atoms with Crippen LogP contribution in [-0.4, -0.2) is 56.7 Å². The Morgan fingerprint density at radius 3 is 2.77 bits per heavy atom. The molecule has 8 nitrogen and oxygen atoms in total. The number of likely N-dealkylation sites (N-methyl/N-ethyl adjacent to an activating group) is 1. The Morgan fingerprint density at radius 2 is 2.08 bits per heavy atom. The average molecular weight is 402 g/mol. The number of aromatic nitrogens is 2. The first-order valence-electron chi connectivity index (χ1n) is 8.25. The molecule has 144 valence electrons. The molecule has 0 spiro atoms. The second kappa shape index (κ2) is 8.92. The molecule has 2 N–H and O–H groups in total. The van der Waals surface area contributed by atoms with Crippen LogP contribution in [0.25, 0.3) is 0 Å². The van der Waals surface area contributed by atoms with Crippen molar-refractivity contribution in [1.29, 1.82) is 0 Å². The first kappa shape index (κ1) is 20.8. The van der Waals surface area contributed by atoms with Gasteiger partial charge < -0.3 is 9.84 Å². The van der Waals surface area contributed by atoms with Gasteiger partial charge in [-0.1, -0.05) is 22.9 Å². The highest BCUT2D eigenvalue weighted by molar-refractivity contribution is 7.89. The summed E-state index contributed by atoms with van der Waals surface area (Å²) in [5.41, 5.74) is 1.01. The lowest BCUT2D eigenvalue weighted by Crippen LogP contribution is -2.44. The molecule has 1 fully saturated rings. The van der Waals surface area contributed by atoms with Crippen LogP contribution in [0.15, 0.2) is 33.7 Å². The number of hydrogen-bond acceptors (Lipinski definition) is 7. The Balaban J connectivity index is 0.00000243. The summed E-state index contributed by atoms with van der Waals surface area (Å²) in [5.74, 6) is 1.06. The minimum Gasteiger partial charge on any atom is -0.339 e. The van der Waals surface area contributed by atoms with Gasteiger partial charge in [0.15, 0.2) is 5.82 Å². The van der Waals surface area contributed by atoms with Gasteiger partial charge in [-0.2, -0.15) is 4.98 Å². The number of sulfonamides is 1. The van der Waals surface area contributed by atoms with E-state index < -0.39 is 10.0 Å². The van der Waals surface area contributed by atoms with Gasteiger partial charge in [-0.05, 0) is 26.1 Å². The van der Waals surface area contributed by atoms with E-state index >= 15 is 0 Å². The molecule has 2 heterocycles. The highest BCUT2D eigenvalue weighted by atomic mass is 35.5. The molecule has 1 unspecified atom stereocenters. The van der Waals surface area contributed by atoms with Crippen molar-refractivity contribution in [3.8, 4) is 0 Å². The number of benzene rings is 1. The van der Waals surface area contributed by atoms with Crippen molar-refractivity contribution in [2.45, 2.75) is 24.3 Å². The Morgan fingerprint density at radius 1 is 1.35 bits per heavy atom. The van der Waals surface area contributed by atoms with E-state index in [4.69, 9.17) is 4.52 Å². The fourth-order valence-corrected chi connectivity index (χ4v) is 3.72. The molecule has 1 aromatic carbocycles. The van der Waals surface area contributed by atoms with Gasteiger partial charge in [-0.3, -0.25) is 4.90 Å². The maximum absolute atomic E-state index is 12.2. The van der Waals surface area contributed by atoms with Crippen LogP contribution < -0.4 is 10.0 Å². The third kappa shape index (κ3) is 5.01. The normalized spacial score (nSPS) is 18.5. The molecular weight excluding hydrogens is 378 g/mol. The van der Waals surface area contributed by atoms with E-state index in [0.717, 1.165) is 25.2 Å². The van der Waals surface area contributed by atoms with Crippen LogP contribution in [0.5, 0.6) is 0 Å². The van der Waals surface area contributed by atoms with Crippen molar-refractivity contribution in [3.63, 3.8) is 0 Å². The standard InChI is InChI=1S/C16H23N5O3S.ClH/c1-12-3-5-13(6-4-12)25(22,23)18-8-7-15-19-16(20-24-15)14-11-17-9-10-21(14)2;/h3-6,14,17-18H,7-11H2,1-2H3;1H. The second-order valence-electron chi connectivity index (χ2n) is 6.21. The number of piperazine rings is 1. The van der Waals surface area contributed by atoms with E-state index in [-0.39, 0.29) is 29.9 Å². The predicted octanol–water partition coefficient (Wildman–Crippen LogP) is 0.897. The van der Waals surface area contributed by atoms with Crippen molar-refractivity contribution in [2.75, 3.05) is 33.2 Å². The zero-order valence-electron chi connectivity index (χ0n) is 14.8. The van der Waals surface area contributed by atoms with Crippen LogP contribution in [0.1, 0.15) is 23.3 Å². The molecule has 3 rings (SSSR count). The topological polar surface area (TPSA) is 100 Å². The first-order chi connectivity index (χ1) is 12.0. The highest BCUT2D eigenvalue weighted by Gasteiger charge is 2.25. The zero-order valence-corrected chi connectivity index (χ0v) is 16.4. The number of hydrogen-bond donors (Lipinski definition) is 2. The predicted molar refractivity (Wildman–Crippen MR) is 99.9 cm³/mol. The minimum absolute atomic E-state index is 0. The average Bonchev–Trinajstić information content (AvgIpc) is 3.04. The van der Waals surface area contributed by atoms with Crippen molar-refractivity contribution >= 4 is 22.4 Å². The first-order valence-corrected chi connectivity index (χ1v) is 9.74. The Labute approximate surface area is 159 Å². The van der Waals surface area contributed by atoms with E-state index in [2.05, 4.69) is 25.1 Å². The second-order valence-corrected chi connectivity index (χ2v) is 7.97. The van der Waals surface area contributed by atoms with Gasteiger partial charge in [0, 0.05) is 32.6 Å². The largest absolute Gasteiger partial charge is 0.339 e. The van der Waals surface area contributed by atoms with E-state index in [9.17, 15) is 8.42 Å². The monoisotopic (exact) mass is 401 g/mol. The molecule has 0 amide bonds. The number of halogens is 1. The molecule has 2 aromatic rings. The molecule has 1 aliphatic heterocycles. The van der Waals surface area contributed by atoms with Crippen LogP contribution in [-0.2, 0) is 16.4 Å². The number of aryl methyl sites for hydroxylation is 1. The molecule has 1 saturated heterocycles. The van der Waals surface area contributed by atoms with Crippen molar-refractivity contribution in [3.05, 3.63) is 41.5 Å². The van der Waals surface area contributed by atoms with Gasteiger partial charge in [0.2, 0.25) is 15.9 Å². The minimum atomic E-state index is -3.53. The van der Waals surface area contributed by atoms with Crippen LogP contribution in [0.3, 0.4) is 0 Å². The summed E-state index contributed by atoms with van der Waals surface area (Å²) in [5, 5.41) is 7.33. The molecule has 0 bridgehead atoms. The van der Waals surface area contributed by atoms with Gasteiger partial charge in [0.1, 0.15) is 0 Å². The van der Waals surface area contributed by atoms with Gasteiger partial charge in [0.05, 0.1) is 10.9 Å². The lowest BCUT2D eigenvalue weighted by Gasteiger charge is -2.30. The molecule has 10 heteroatoms. The molecule has 0 aliphatic carbocycles. The molecule has 1 atom stereocenters. The molecule has 1 aromatic heterocycles. The maximum atomic E-state index is 12.2. The van der Waals surface area contributed by atoms with E-state index in [0.29, 0.717) is 18.1 Å². The summed E-state index contributed by atoms with van der Waals surface area (Å²) < 4.78 is 32.3. The van der Waals surface area contributed by atoms with Crippen LogP contribution in [0.4, 0.5) is 0 Å². The van der Waals surface area contributed by atoms with Crippen LogP contribution in [0, 0.1) is 6.92 Å². The lowest BCUT2D eigenvalue weighted by molar-refractivity contribution is 0.190. The van der Waals surface area contributed by atoms with E-state index in [1.54, 1.807) is 24.3 Å². The van der Waals surface area contributed by atoms with E-state index in [1.165, 1.54) is 0 Å². The van der Waals surface area contributed by atoms with Gasteiger partial charge >= 0.3 is 0 Å². The van der Waals surface area contributed by atoms with Gasteiger partial charge in [-0.25, -0.2) is 13.1 Å². The van der Waals surface area contributed by atoms with Gasteiger partial charge in [-0.15, -0.1) is 12.4 Å². The highest BCUT2D eigenvalue weighted by Crippen LogP contribution is 2.17. The summed E-state index contributed by atoms with van der Waals surface area (Å²) in [7, 11) is -1.50. The van der Waals surface area contributed by atoms with Gasteiger partial charge in [0.25, 0.3) is 0 Å². The summed E-state index contributed by atoms with van der Waals surface area (Å²) in [6.45, 7) is 4.76. The Hall–Kier alpha value is -1.52. The fraction of sp³-hybridized carbons (Fsp3) is 0.500. The van der Waals surface area contributed by atoms with Crippen molar-refractivity contribution in [2.24, 2.45) is 0 Å². The third-order valence-corrected chi connectivity index (χ3v) is 5.73. The lowest BCUT2D eigenvalue weighted by atomic mass is 10.2. The molecule has 0 radical (unpaired) electrons. The fourth-order valence-electron chi connectivity index (χ4n) is 2.69. The SMILES string of the molecule is Cc1ccc(S(=O)(=O)NCCc2nc(C3CNCCN3C)no2)cc1.Cl. The smallest absolute Gasteiger partial charge is 0.240 e. The Kier molecular flexibility index (Phi) is 7.13. The molecule has 0 saturated carbocycles. The van der Waals surface area contributed by atoms with Crippen molar-refractivity contribution < 1.29 is 12.9 Å². The number of rotatable bonds is 6. The van der Waals surface area contributed by atoms with E-state index in [1.807, 2.05) is 14.0 Å². The molecular formula is C16H24ClN5O3S. The summed E-state index contributed by atoms with van der Waals surface area (Å²) in [4.78, 5) is 6.82. The summed E-state index contributed by atoms with van der Waals surface area (Å²) >= 11 is 0. The number of nitrogens with zero attached hydrogens (tertiary/aromatic N) is 3. The van der Waals surface area contributed by atoms with Crippen LogP contribution in [0.2, 0.25) is 0 Å². The van der Waals surface area contributed by atoms with Crippen molar-refractivity contribution in [1.82, 2.24) is 25.1 Å². The summed E-state index contributed by atoms with van der Waals surface area (Å²) in [6, 6.07) is 6.81.